The molecule has 130 valence electrons. The van der Waals surface area contributed by atoms with Gasteiger partial charge in [0.05, 0.1) is 0 Å². The topological polar surface area (TPSA) is 58.6 Å². The summed E-state index contributed by atoms with van der Waals surface area (Å²) in [4.78, 5) is 26.1. The zero-order chi connectivity index (χ0) is 16.9. The molecule has 2 fully saturated rings. The first-order valence-electron chi connectivity index (χ1n) is 8.58. The lowest BCUT2D eigenvalue weighted by Gasteiger charge is -2.36. The summed E-state index contributed by atoms with van der Waals surface area (Å²) in [5.74, 6) is 0.455. The molecule has 0 aromatic heterocycles. The maximum atomic E-state index is 12.8. The molecule has 0 spiro atoms. The summed E-state index contributed by atoms with van der Waals surface area (Å²) in [5, 5.41) is 2.94. The molecule has 6 heteroatoms. The number of amides is 2. The minimum Gasteiger partial charge on any atom is -0.484 e. The summed E-state index contributed by atoms with van der Waals surface area (Å²) in [7, 11) is 0. The Morgan fingerprint density at radius 1 is 1.12 bits per heavy atom. The van der Waals surface area contributed by atoms with Crippen LogP contribution in [0.4, 0.5) is 4.39 Å². The minimum atomic E-state index is -0.338. The lowest BCUT2D eigenvalue weighted by atomic mass is 9.84. The average molecular weight is 334 g/mol. The van der Waals surface area contributed by atoms with Crippen molar-refractivity contribution in [2.75, 3.05) is 19.7 Å². The Balaban J connectivity index is 1.36. The van der Waals surface area contributed by atoms with Crippen molar-refractivity contribution in [1.29, 1.82) is 0 Å². The molecular formula is C18H23FN2O3. The third kappa shape index (κ3) is 4.24. The van der Waals surface area contributed by atoms with Gasteiger partial charge in [-0.2, -0.15) is 0 Å². The monoisotopic (exact) mass is 334 g/mol. The van der Waals surface area contributed by atoms with Crippen molar-refractivity contribution < 1.29 is 18.7 Å². The molecule has 3 rings (SSSR count). The smallest absolute Gasteiger partial charge is 0.258 e. The number of hydrogen-bond acceptors (Lipinski definition) is 3. The fourth-order valence-corrected chi connectivity index (χ4v) is 3.11. The highest BCUT2D eigenvalue weighted by Crippen LogP contribution is 2.29. The molecular weight excluding hydrogens is 311 g/mol. The number of nitrogens with one attached hydrogen (secondary N) is 1. The van der Waals surface area contributed by atoms with Gasteiger partial charge in [-0.25, -0.2) is 4.39 Å². The number of carbonyl (C=O) groups is 2. The van der Waals surface area contributed by atoms with Gasteiger partial charge in [-0.15, -0.1) is 0 Å². The molecule has 0 bridgehead atoms. The van der Waals surface area contributed by atoms with E-state index in [4.69, 9.17) is 4.74 Å². The Hall–Kier alpha value is -2.11. The van der Waals surface area contributed by atoms with E-state index in [-0.39, 0.29) is 36.2 Å². The predicted molar refractivity (Wildman–Crippen MR) is 87.0 cm³/mol. The van der Waals surface area contributed by atoms with Gasteiger partial charge in [0.15, 0.2) is 6.61 Å². The van der Waals surface area contributed by atoms with E-state index in [9.17, 15) is 14.0 Å². The van der Waals surface area contributed by atoms with Crippen LogP contribution in [0.25, 0.3) is 0 Å². The Bertz CT molecular complexity index is 578. The van der Waals surface area contributed by atoms with Crippen molar-refractivity contribution >= 4 is 11.8 Å². The third-order valence-corrected chi connectivity index (χ3v) is 4.81. The normalized spacial score (nSPS) is 18.8. The highest BCUT2D eigenvalue weighted by Gasteiger charge is 2.31. The van der Waals surface area contributed by atoms with Crippen LogP contribution < -0.4 is 10.1 Å². The van der Waals surface area contributed by atoms with Gasteiger partial charge in [0.1, 0.15) is 11.6 Å². The van der Waals surface area contributed by atoms with Gasteiger partial charge in [-0.1, -0.05) is 6.42 Å². The zero-order valence-electron chi connectivity index (χ0n) is 13.7. The van der Waals surface area contributed by atoms with Crippen LogP contribution in [0.5, 0.6) is 5.75 Å². The summed E-state index contributed by atoms with van der Waals surface area (Å²) >= 11 is 0. The summed E-state index contributed by atoms with van der Waals surface area (Å²) in [6.07, 6.45) is 4.77. The Morgan fingerprint density at radius 3 is 2.38 bits per heavy atom. The van der Waals surface area contributed by atoms with Crippen molar-refractivity contribution in [2.24, 2.45) is 5.92 Å². The molecule has 0 atom stereocenters. The van der Waals surface area contributed by atoms with Crippen molar-refractivity contribution in [3.8, 4) is 5.75 Å². The summed E-state index contributed by atoms with van der Waals surface area (Å²) in [6.45, 7) is 1.32. The molecule has 24 heavy (non-hydrogen) atoms. The number of carbonyl (C=O) groups excluding carboxylic acids is 2. The average Bonchev–Trinajstić information content (AvgIpc) is 2.53. The van der Waals surface area contributed by atoms with Crippen molar-refractivity contribution in [2.45, 2.75) is 38.1 Å². The molecule has 2 aliphatic rings. The van der Waals surface area contributed by atoms with Crippen molar-refractivity contribution in [3.05, 3.63) is 30.1 Å². The van der Waals surface area contributed by atoms with E-state index in [0.717, 1.165) is 32.1 Å². The van der Waals surface area contributed by atoms with Crippen molar-refractivity contribution in [1.82, 2.24) is 10.2 Å². The molecule has 1 aromatic carbocycles. The van der Waals surface area contributed by atoms with E-state index in [1.54, 1.807) is 0 Å². The second kappa shape index (κ2) is 7.64. The largest absolute Gasteiger partial charge is 0.484 e. The van der Waals surface area contributed by atoms with E-state index < -0.39 is 0 Å². The number of nitrogens with zero attached hydrogens (tertiary/aromatic N) is 1. The Labute approximate surface area is 141 Å². The standard InChI is InChI=1S/C18H23FN2O3/c19-14-4-6-16(7-5-14)24-12-17(22)20-15-8-10-21(11-9-15)18(23)13-2-1-3-13/h4-7,13,15H,1-3,8-12H2,(H,20,22). The third-order valence-electron chi connectivity index (χ3n) is 4.81. The molecule has 2 amide bonds. The molecule has 1 heterocycles. The Kier molecular flexibility index (Phi) is 5.33. The van der Waals surface area contributed by atoms with Crippen LogP contribution in [0, 0.1) is 11.7 Å². The number of ether oxygens (including phenoxy) is 1. The molecule has 1 aromatic rings. The van der Waals surface area contributed by atoms with Gasteiger partial charge < -0.3 is 15.0 Å². The van der Waals surface area contributed by atoms with Crippen LogP contribution >= 0.6 is 0 Å². The fourth-order valence-electron chi connectivity index (χ4n) is 3.11. The van der Waals surface area contributed by atoms with Crippen LogP contribution in [-0.2, 0) is 9.59 Å². The van der Waals surface area contributed by atoms with Gasteiger partial charge >= 0.3 is 0 Å². The number of rotatable bonds is 5. The second-order valence-corrected chi connectivity index (χ2v) is 6.54. The second-order valence-electron chi connectivity index (χ2n) is 6.54. The number of piperidine rings is 1. The fraction of sp³-hybridized carbons (Fsp3) is 0.556. The van der Waals surface area contributed by atoms with Crippen molar-refractivity contribution in [3.63, 3.8) is 0 Å². The van der Waals surface area contributed by atoms with E-state index in [1.807, 2.05) is 4.90 Å². The highest BCUT2D eigenvalue weighted by molar-refractivity contribution is 5.80. The molecule has 1 saturated carbocycles. The predicted octanol–water partition coefficient (Wildman–Crippen LogP) is 2.11. The van der Waals surface area contributed by atoms with Gasteiger partial charge in [-0.05, 0) is 49.9 Å². The molecule has 1 aliphatic heterocycles. The summed E-state index contributed by atoms with van der Waals surface area (Å²) in [5.41, 5.74) is 0. The number of hydrogen-bond donors (Lipinski definition) is 1. The number of likely N-dealkylation sites (tertiary alicyclic amines) is 1. The van der Waals surface area contributed by atoms with Gasteiger partial charge in [0.25, 0.3) is 5.91 Å². The lowest BCUT2D eigenvalue weighted by molar-refractivity contribution is -0.139. The first-order chi connectivity index (χ1) is 11.6. The van der Waals surface area contributed by atoms with Gasteiger partial charge in [-0.3, -0.25) is 9.59 Å². The van der Waals surface area contributed by atoms with Gasteiger partial charge in [0.2, 0.25) is 5.91 Å². The van der Waals surface area contributed by atoms with Crippen LogP contribution in [0.15, 0.2) is 24.3 Å². The first kappa shape index (κ1) is 16.7. The molecule has 1 N–H and O–H groups in total. The van der Waals surface area contributed by atoms with Crippen LogP contribution in [0.2, 0.25) is 0 Å². The summed E-state index contributed by atoms with van der Waals surface area (Å²) < 4.78 is 18.1. The van der Waals surface area contributed by atoms with Crippen LogP contribution in [-0.4, -0.2) is 42.5 Å². The highest BCUT2D eigenvalue weighted by atomic mass is 19.1. The Morgan fingerprint density at radius 2 is 1.79 bits per heavy atom. The SMILES string of the molecule is O=C(COc1ccc(F)cc1)NC1CCN(C(=O)C2CCC2)CC1. The van der Waals surface area contributed by atoms with E-state index in [0.29, 0.717) is 18.8 Å². The quantitative estimate of drug-likeness (QED) is 0.897. The summed E-state index contributed by atoms with van der Waals surface area (Å²) in [6, 6.07) is 5.66. The number of benzene rings is 1. The van der Waals surface area contributed by atoms with E-state index in [1.165, 1.54) is 24.3 Å². The van der Waals surface area contributed by atoms with E-state index >= 15 is 0 Å². The van der Waals surface area contributed by atoms with Gasteiger partial charge in [0, 0.05) is 25.0 Å². The molecule has 5 nitrogen and oxygen atoms in total. The molecule has 1 aliphatic carbocycles. The van der Waals surface area contributed by atoms with Crippen LogP contribution in [0.1, 0.15) is 32.1 Å². The van der Waals surface area contributed by atoms with Crippen LogP contribution in [0.3, 0.4) is 0 Å². The zero-order valence-corrected chi connectivity index (χ0v) is 13.7. The molecule has 1 saturated heterocycles. The minimum absolute atomic E-state index is 0.0831. The number of halogens is 1. The first-order valence-corrected chi connectivity index (χ1v) is 8.58. The maximum Gasteiger partial charge on any atom is 0.258 e. The molecule has 0 radical (unpaired) electrons. The lowest BCUT2D eigenvalue weighted by Crippen LogP contribution is -2.49. The molecule has 0 unspecified atom stereocenters. The maximum absolute atomic E-state index is 12.8. The van der Waals surface area contributed by atoms with E-state index in [2.05, 4.69) is 5.32 Å².